The largest absolute Gasteiger partial charge is 0.330 e. The van der Waals surface area contributed by atoms with Gasteiger partial charge in [-0.25, -0.2) is 4.98 Å². The second kappa shape index (κ2) is 5.97. The smallest absolute Gasteiger partial charge is 0.150 e. The van der Waals surface area contributed by atoms with E-state index in [4.69, 9.17) is 5.73 Å². The number of rotatable bonds is 4. The number of nitrogens with two attached hydrogens (primary N) is 1. The monoisotopic (exact) mass is 190 g/mol. The third kappa shape index (κ3) is 3.19. The van der Waals surface area contributed by atoms with Crippen molar-refractivity contribution in [3.63, 3.8) is 0 Å². The van der Waals surface area contributed by atoms with Crippen LogP contribution < -0.4 is 5.73 Å². The average molecular weight is 191 g/mol. The van der Waals surface area contributed by atoms with Crippen LogP contribution in [0.2, 0.25) is 0 Å². The maximum atomic E-state index is 5.35. The topological polar surface area (TPSA) is 67.6 Å². The van der Waals surface area contributed by atoms with Crippen LogP contribution in [0.25, 0.3) is 0 Å². The number of hydrogen-bond donors (Lipinski definition) is 2. The van der Waals surface area contributed by atoms with E-state index in [9.17, 15) is 0 Å². The van der Waals surface area contributed by atoms with E-state index in [1.54, 1.807) is 0 Å². The minimum Gasteiger partial charge on any atom is -0.330 e. The lowest BCUT2D eigenvalue weighted by molar-refractivity contribution is 0.785. The number of aromatic nitrogens is 3. The van der Waals surface area contributed by atoms with E-state index in [-0.39, 0.29) is 12.4 Å². The lowest BCUT2D eigenvalue weighted by atomic mass is 10.3. The highest BCUT2D eigenvalue weighted by Gasteiger charge is 1.98. The number of halogens is 1. The Morgan fingerprint density at radius 1 is 1.50 bits per heavy atom. The molecule has 0 unspecified atom stereocenters. The van der Waals surface area contributed by atoms with Crippen molar-refractivity contribution in [3.8, 4) is 0 Å². The second-order valence-electron chi connectivity index (χ2n) is 2.44. The van der Waals surface area contributed by atoms with Gasteiger partial charge >= 0.3 is 0 Å². The van der Waals surface area contributed by atoms with E-state index in [1.807, 2.05) is 6.92 Å². The van der Waals surface area contributed by atoms with Gasteiger partial charge in [-0.1, -0.05) is 6.92 Å². The molecule has 0 aliphatic heterocycles. The van der Waals surface area contributed by atoms with E-state index in [2.05, 4.69) is 15.2 Å². The Hall–Kier alpha value is -0.610. The number of aromatic amines is 1. The summed E-state index contributed by atoms with van der Waals surface area (Å²) in [4.78, 5) is 4.24. The zero-order valence-corrected chi connectivity index (χ0v) is 8.02. The van der Waals surface area contributed by atoms with Crippen molar-refractivity contribution in [1.29, 1.82) is 0 Å². The summed E-state index contributed by atoms with van der Waals surface area (Å²) in [7, 11) is 0. The molecule has 12 heavy (non-hydrogen) atoms. The Morgan fingerprint density at radius 2 is 2.25 bits per heavy atom. The van der Waals surface area contributed by atoms with Crippen LogP contribution in [0.5, 0.6) is 0 Å². The van der Waals surface area contributed by atoms with Gasteiger partial charge in [-0.15, -0.1) is 12.4 Å². The third-order valence-electron chi connectivity index (χ3n) is 1.51. The van der Waals surface area contributed by atoms with E-state index in [0.717, 1.165) is 30.9 Å². The Morgan fingerprint density at radius 3 is 2.75 bits per heavy atom. The molecule has 0 saturated heterocycles. The van der Waals surface area contributed by atoms with Crippen molar-refractivity contribution in [2.75, 3.05) is 6.54 Å². The number of H-pyrrole nitrogens is 1. The number of nitrogens with one attached hydrogen (secondary N) is 1. The maximum Gasteiger partial charge on any atom is 0.150 e. The molecule has 5 heteroatoms. The fourth-order valence-electron chi connectivity index (χ4n) is 0.874. The Labute approximate surface area is 78.4 Å². The fourth-order valence-corrected chi connectivity index (χ4v) is 0.874. The molecule has 0 amide bonds. The molecule has 0 aliphatic carbocycles. The van der Waals surface area contributed by atoms with Gasteiger partial charge in [-0.3, -0.25) is 5.10 Å². The third-order valence-corrected chi connectivity index (χ3v) is 1.51. The quantitative estimate of drug-likeness (QED) is 0.734. The van der Waals surface area contributed by atoms with Crippen LogP contribution in [0.4, 0.5) is 0 Å². The van der Waals surface area contributed by atoms with Crippen LogP contribution in [0.15, 0.2) is 0 Å². The van der Waals surface area contributed by atoms with Crippen LogP contribution in [0.1, 0.15) is 25.0 Å². The number of hydrogen-bond acceptors (Lipinski definition) is 3. The lowest BCUT2D eigenvalue weighted by Gasteiger charge is -1.90. The second-order valence-corrected chi connectivity index (χ2v) is 2.44. The molecular weight excluding hydrogens is 176 g/mol. The van der Waals surface area contributed by atoms with Crippen LogP contribution in [-0.2, 0) is 12.8 Å². The SMILES string of the molecule is CCc1n[nH]c(CCCN)n1.Cl. The molecule has 0 atom stereocenters. The molecule has 0 bridgehead atoms. The highest BCUT2D eigenvalue weighted by atomic mass is 35.5. The van der Waals surface area contributed by atoms with Crippen LogP contribution >= 0.6 is 12.4 Å². The normalized spacial score (nSPS) is 9.50. The van der Waals surface area contributed by atoms with Crippen molar-refractivity contribution < 1.29 is 0 Å². The van der Waals surface area contributed by atoms with Gasteiger partial charge in [0.2, 0.25) is 0 Å². The molecule has 4 nitrogen and oxygen atoms in total. The maximum absolute atomic E-state index is 5.35. The molecule has 0 spiro atoms. The van der Waals surface area contributed by atoms with Gasteiger partial charge in [-0.2, -0.15) is 5.10 Å². The summed E-state index contributed by atoms with van der Waals surface area (Å²) in [6.45, 7) is 2.75. The van der Waals surface area contributed by atoms with Crippen molar-refractivity contribution in [1.82, 2.24) is 15.2 Å². The molecule has 70 valence electrons. The molecular formula is C7H15ClN4. The van der Waals surface area contributed by atoms with Crippen molar-refractivity contribution in [2.24, 2.45) is 5.73 Å². The predicted molar refractivity (Wildman–Crippen MR) is 50.4 cm³/mol. The summed E-state index contributed by atoms with van der Waals surface area (Å²) in [5, 5.41) is 6.89. The summed E-state index contributed by atoms with van der Waals surface area (Å²) in [5.74, 6) is 1.84. The number of aryl methyl sites for hydroxylation is 2. The highest BCUT2D eigenvalue weighted by Crippen LogP contribution is 1.95. The molecule has 1 aromatic rings. The van der Waals surface area contributed by atoms with Gasteiger partial charge < -0.3 is 5.73 Å². The van der Waals surface area contributed by atoms with Gasteiger partial charge in [0.25, 0.3) is 0 Å². The molecule has 1 aromatic heterocycles. The number of nitrogens with zero attached hydrogens (tertiary/aromatic N) is 2. The van der Waals surface area contributed by atoms with Gasteiger partial charge in [0, 0.05) is 12.8 Å². The van der Waals surface area contributed by atoms with Crippen LogP contribution in [0.3, 0.4) is 0 Å². The molecule has 1 heterocycles. The van der Waals surface area contributed by atoms with Crippen LogP contribution in [-0.4, -0.2) is 21.7 Å². The minimum atomic E-state index is 0. The van der Waals surface area contributed by atoms with E-state index < -0.39 is 0 Å². The van der Waals surface area contributed by atoms with Crippen molar-refractivity contribution >= 4 is 12.4 Å². The first-order valence-electron chi connectivity index (χ1n) is 3.97. The van der Waals surface area contributed by atoms with Gasteiger partial charge in [0.15, 0.2) is 0 Å². The predicted octanol–water partition coefficient (Wildman–Crippen LogP) is 0.680. The van der Waals surface area contributed by atoms with Gasteiger partial charge in [0.1, 0.15) is 11.6 Å². The van der Waals surface area contributed by atoms with E-state index >= 15 is 0 Å². The molecule has 0 radical (unpaired) electrons. The lowest BCUT2D eigenvalue weighted by Crippen LogP contribution is -2.01. The van der Waals surface area contributed by atoms with Crippen molar-refractivity contribution in [3.05, 3.63) is 11.6 Å². The Balaban J connectivity index is 0.00000121. The molecule has 3 N–H and O–H groups in total. The molecule has 1 rings (SSSR count). The van der Waals surface area contributed by atoms with Gasteiger partial charge in [-0.05, 0) is 13.0 Å². The van der Waals surface area contributed by atoms with E-state index in [0.29, 0.717) is 6.54 Å². The average Bonchev–Trinajstić information content (AvgIpc) is 2.48. The van der Waals surface area contributed by atoms with Gasteiger partial charge in [0.05, 0.1) is 0 Å². The molecule has 0 aliphatic rings. The zero-order chi connectivity index (χ0) is 8.10. The summed E-state index contributed by atoms with van der Waals surface area (Å²) >= 11 is 0. The summed E-state index contributed by atoms with van der Waals surface area (Å²) in [5.41, 5.74) is 5.35. The first-order valence-corrected chi connectivity index (χ1v) is 3.97. The summed E-state index contributed by atoms with van der Waals surface area (Å²) in [6.07, 6.45) is 2.76. The molecule has 0 aromatic carbocycles. The Kier molecular flexibility index (Phi) is 5.66. The van der Waals surface area contributed by atoms with E-state index in [1.165, 1.54) is 0 Å². The molecule has 0 fully saturated rings. The summed E-state index contributed by atoms with van der Waals surface area (Å²) in [6, 6.07) is 0. The highest BCUT2D eigenvalue weighted by molar-refractivity contribution is 5.85. The molecule has 0 saturated carbocycles. The Bertz CT molecular complexity index is 211. The minimum absolute atomic E-state index is 0. The summed E-state index contributed by atoms with van der Waals surface area (Å²) < 4.78 is 0. The first-order chi connectivity index (χ1) is 5.36. The van der Waals surface area contributed by atoms with Crippen molar-refractivity contribution in [2.45, 2.75) is 26.2 Å². The first kappa shape index (κ1) is 11.4. The fraction of sp³-hybridized carbons (Fsp3) is 0.714. The zero-order valence-electron chi connectivity index (χ0n) is 7.21. The standard InChI is InChI=1S/C7H14N4.ClH/c1-2-6-9-7(11-10-6)4-3-5-8;/h2-5,8H2,1H3,(H,9,10,11);1H. The van der Waals surface area contributed by atoms with Crippen LogP contribution in [0, 0.1) is 0 Å².